The van der Waals surface area contributed by atoms with Crippen molar-refractivity contribution in [3.8, 4) is 16.9 Å². The second kappa shape index (κ2) is 8.54. The van der Waals surface area contributed by atoms with E-state index in [-0.39, 0.29) is 11.7 Å². The maximum absolute atomic E-state index is 11.1. The lowest BCUT2D eigenvalue weighted by molar-refractivity contribution is 0.0690. The number of nitrogens with two attached hydrogens (primary N) is 1. The van der Waals surface area contributed by atoms with Crippen molar-refractivity contribution < 1.29 is 14.6 Å². The summed E-state index contributed by atoms with van der Waals surface area (Å²) in [7, 11) is 1.58. The normalized spacial score (nSPS) is 11.8. The first kappa shape index (κ1) is 21.3. The molecule has 156 valence electrons. The lowest BCUT2D eigenvalue weighted by Gasteiger charge is -2.23. The zero-order valence-electron chi connectivity index (χ0n) is 17.0. The predicted octanol–water partition coefficient (Wildman–Crippen LogP) is 4.27. The largest absolute Gasteiger partial charge is 0.496 e. The van der Waals surface area contributed by atoms with Gasteiger partial charge in [-0.1, -0.05) is 17.7 Å². The third-order valence-corrected chi connectivity index (χ3v) is 5.32. The van der Waals surface area contributed by atoms with Crippen molar-refractivity contribution in [2.24, 2.45) is 0 Å². The summed E-state index contributed by atoms with van der Waals surface area (Å²) in [5, 5.41) is 13.0. The number of anilines is 2. The van der Waals surface area contributed by atoms with Crippen molar-refractivity contribution in [1.82, 2.24) is 15.0 Å². The van der Waals surface area contributed by atoms with Crippen molar-refractivity contribution in [3.63, 3.8) is 0 Å². The highest BCUT2D eigenvalue weighted by Crippen LogP contribution is 2.42. The molecule has 8 nitrogen and oxygen atoms in total. The minimum atomic E-state index is -1.09. The van der Waals surface area contributed by atoms with Crippen molar-refractivity contribution in [1.29, 1.82) is 0 Å². The summed E-state index contributed by atoms with van der Waals surface area (Å²) in [5.41, 5.74) is 9.65. The molecule has 3 rings (SSSR count). The number of carbonyl (C=O) groups is 1. The van der Waals surface area contributed by atoms with Crippen LogP contribution in [-0.4, -0.2) is 33.1 Å². The number of benzene rings is 1. The molecule has 0 bridgehead atoms. The van der Waals surface area contributed by atoms with Crippen molar-refractivity contribution in [2.75, 3.05) is 18.2 Å². The maximum atomic E-state index is 11.1. The fourth-order valence-electron chi connectivity index (χ4n) is 3.19. The number of aromatic nitrogens is 3. The Morgan fingerprint density at radius 2 is 1.97 bits per heavy atom. The topological polar surface area (TPSA) is 123 Å². The molecule has 1 atom stereocenters. The molecule has 2 heterocycles. The Morgan fingerprint density at radius 1 is 1.23 bits per heavy atom. The number of carboxylic acids is 1. The molecular formula is C21H22ClN5O3. The summed E-state index contributed by atoms with van der Waals surface area (Å²) < 4.78 is 5.76. The van der Waals surface area contributed by atoms with Crippen LogP contribution in [0, 0.1) is 13.8 Å². The lowest BCUT2D eigenvalue weighted by Crippen LogP contribution is -2.13. The quantitative estimate of drug-likeness (QED) is 0.532. The van der Waals surface area contributed by atoms with Crippen LogP contribution in [0.5, 0.6) is 5.75 Å². The molecule has 4 N–H and O–H groups in total. The van der Waals surface area contributed by atoms with Gasteiger partial charge in [-0.2, -0.15) is 0 Å². The van der Waals surface area contributed by atoms with E-state index in [1.54, 1.807) is 13.2 Å². The first-order valence-electron chi connectivity index (χ1n) is 9.14. The number of nitrogen functional groups attached to an aromatic ring is 1. The van der Waals surface area contributed by atoms with E-state index >= 15 is 0 Å². The molecule has 1 unspecified atom stereocenters. The van der Waals surface area contributed by atoms with E-state index in [2.05, 4.69) is 20.3 Å². The highest BCUT2D eigenvalue weighted by Gasteiger charge is 2.22. The number of hydrogen-bond acceptors (Lipinski definition) is 7. The van der Waals surface area contributed by atoms with Gasteiger partial charge in [-0.25, -0.2) is 19.7 Å². The summed E-state index contributed by atoms with van der Waals surface area (Å²) in [4.78, 5) is 23.4. The van der Waals surface area contributed by atoms with Gasteiger partial charge in [0, 0.05) is 33.5 Å². The Morgan fingerprint density at radius 3 is 2.57 bits per heavy atom. The number of nitrogens with one attached hydrogen (secondary N) is 1. The number of hydrogen-bond donors (Lipinski definition) is 3. The van der Waals surface area contributed by atoms with Gasteiger partial charge in [0.25, 0.3) is 0 Å². The van der Waals surface area contributed by atoms with Crippen LogP contribution in [-0.2, 0) is 0 Å². The van der Waals surface area contributed by atoms with Gasteiger partial charge in [-0.05, 0) is 38.5 Å². The summed E-state index contributed by atoms with van der Waals surface area (Å²) in [6, 6.07) is 4.76. The standard InChI is InChI=1S/C21H22ClN5O3/c1-10-15(22)7-14(12(3)27-20-11(2)19(23)25-9-26-20)18(30-4)17(10)13-5-6-16(21(28)29)24-8-13/h5-9,12H,1-4H3,(H,28,29)(H3,23,25,26,27). The Bertz CT molecular complexity index is 1100. The molecule has 0 spiro atoms. The number of pyridine rings is 1. The maximum Gasteiger partial charge on any atom is 0.354 e. The smallest absolute Gasteiger partial charge is 0.354 e. The highest BCUT2D eigenvalue weighted by atomic mass is 35.5. The molecule has 30 heavy (non-hydrogen) atoms. The first-order valence-corrected chi connectivity index (χ1v) is 9.52. The van der Waals surface area contributed by atoms with Crippen molar-refractivity contribution >= 4 is 29.2 Å². The summed E-state index contributed by atoms with van der Waals surface area (Å²) in [5.74, 6) is 0.539. The van der Waals surface area contributed by atoms with Gasteiger partial charge < -0.3 is 20.9 Å². The number of nitrogens with zero attached hydrogens (tertiary/aromatic N) is 3. The van der Waals surface area contributed by atoms with Crippen LogP contribution < -0.4 is 15.8 Å². The number of rotatable bonds is 6. The van der Waals surface area contributed by atoms with Gasteiger partial charge in [-0.15, -0.1) is 0 Å². The SMILES string of the molecule is COc1c(C(C)Nc2ncnc(N)c2C)cc(Cl)c(C)c1-c1ccc(C(=O)O)nc1. The Kier molecular flexibility index (Phi) is 6.07. The fourth-order valence-corrected chi connectivity index (χ4v) is 3.41. The summed E-state index contributed by atoms with van der Waals surface area (Å²) >= 11 is 6.54. The number of methoxy groups -OCH3 is 1. The molecular weight excluding hydrogens is 406 g/mol. The van der Waals surface area contributed by atoms with Crippen molar-refractivity contribution in [2.45, 2.75) is 26.8 Å². The van der Waals surface area contributed by atoms with Crippen LogP contribution >= 0.6 is 11.6 Å². The molecule has 0 saturated carbocycles. The third kappa shape index (κ3) is 3.99. The van der Waals surface area contributed by atoms with E-state index in [0.717, 1.165) is 22.3 Å². The van der Waals surface area contributed by atoms with Crippen LogP contribution in [0.4, 0.5) is 11.6 Å². The monoisotopic (exact) mass is 427 g/mol. The number of carboxylic acid groups (broad SMARTS) is 1. The zero-order chi connectivity index (χ0) is 22.0. The second-order valence-electron chi connectivity index (χ2n) is 6.82. The summed E-state index contributed by atoms with van der Waals surface area (Å²) in [6.07, 6.45) is 2.90. The van der Waals surface area contributed by atoms with Gasteiger partial charge in [0.2, 0.25) is 0 Å². The average molecular weight is 428 g/mol. The van der Waals surface area contributed by atoms with Crippen LogP contribution in [0.2, 0.25) is 5.02 Å². The minimum absolute atomic E-state index is 0.0375. The number of aromatic carboxylic acids is 1. The van der Waals surface area contributed by atoms with E-state index in [1.165, 1.54) is 18.6 Å². The molecule has 2 aromatic heterocycles. The predicted molar refractivity (Wildman–Crippen MR) is 116 cm³/mol. The molecule has 0 amide bonds. The van der Waals surface area contributed by atoms with Crippen LogP contribution in [0.15, 0.2) is 30.7 Å². The van der Waals surface area contributed by atoms with Gasteiger partial charge in [0.05, 0.1) is 13.2 Å². The van der Waals surface area contributed by atoms with Gasteiger partial charge in [-0.3, -0.25) is 0 Å². The minimum Gasteiger partial charge on any atom is -0.496 e. The zero-order valence-corrected chi connectivity index (χ0v) is 17.8. The molecule has 0 aliphatic carbocycles. The fraction of sp³-hybridized carbons (Fsp3) is 0.238. The van der Waals surface area contributed by atoms with E-state index in [1.807, 2.05) is 26.8 Å². The lowest BCUT2D eigenvalue weighted by atomic mass is 9.94. The second-order valence-corrected chi connectivity index (χ2v) is 7.22. The van der Waals surface area contributed by atoms with Gasteiger partial charge in [0.1, 0.15) is 29.4 Å². The van der Waals surface area contributed by atoms with E-state index < -0.39 is 5.97 Å². The molecule has 1 aromatic carbocycles. The molecule has 9 heteroatoms. The molecule has 0 aliphatic rings. The Balaban J connectivity index is 2.09. The van der Waals surface area contributed by atoms with Crippen LogP contribution in [0.3, 0.4) is 0 Å². The first-order chi connectivity index (χ1) is 14.2. The molecule has 0 radical (unpaired) electrons. The molecule has 3 aromatic rings. The average Bonchev–Trinajstić information content (AvgIpc) is 2.72. The number of halogens is 1. The molecule has 0 aliphatic heterocycles. The molecule has 0 fully saturated rings. The molecule has 0 saturated heterocycles. The Labute approximate surface area is 179 Å². The van der Waals surface area contributed by atoms with Crippen LogP contribution in [0.1, 0.15) is 40.1 Å². The van der Waals surface area contributed by atoms with E-state index in [0.29, 0.717) is 28.0 Å². The third-order valence-electron chi connectivity index (χ3n) is 4.92. The van der Waals surface area contributed by atoms with Gasteiger partial charge >= 0.3 is 5.97 Å². The van der Waals surface area contributed by atoms with E-state index in [4.69, 9.17) is 27.2 Å². The Hall–Kier alpha value is -3.39. The van der Waals surface area contributed by atoms with Gasteiger partial charge in [0.15, 0.2) is 0 Å². The van der Waals surface area contributed by atoms with Crippen molar-refractivity contribution in [3.05, 3.63) is 58.1 Å². The summed E-state index contributed by atoms with van der Waals surface area (Å²) in [6.45, 7) is 5.67. The number of ether oxygens (including phenoxy) is 1. The van der Waals surface area contributed by atoms with E-state index in [9.17, 15) is 4.79 Å². The highest BCUT2D eigenvalue weighted by molar-refractivity contribution is 6.32. The van der Waals surface area contributed by atoms with Crippen LogP contribution in [0.25, 0.3) is 11.1 Å².